The van der Waals surface area contributed by atoms with Gasteiger partial charge in [0.25, 0.3) is 0 Å². The van der Waals surface area contributed by atoms with Gasteiger partial charge in [0.15, 0.2) is 0 Å². The summed E-state index contributed by atoms with van der Waals surface area (Å²) < 4.78 is 0. The molecule has 4 aliphatic rings. The molecular weight excluding hydrogens is 600 g/mol. The Bertz CT molecular complexity index is 605. The third kappa shape index (κ3) is 27.9. The molecule has 0 radical (unpaired) electrons. The highest BCUT2D eigenvalue weighted by Gasteiger charge is 2.26. The highest BCUT2D eigenvalue weighted by atomic mass is 16.3. The van der Waals surface area contributed by atoms with Crippen LogP contribution in [0.15, 0.2) is 0 Å². The van der Waals surface area contributed by atoms with Crippen molar-refractivity contribution in [1.29, 1.82) is 0 Å². The van der Waals surface area contributed by atoms with E-state index in [1.807, 2.05) is 0 Å². The quantitative estimate of drug-likeness (QED) is 0.134. The first-order valence-electron chi connectivity index (χ1n) is 18.1. The fourth-order valence-electron chi connectivity index (χ4n) is 5.51. The Balaban J connectivity index is 0. The molecule has 47 heavy (non-hydrogen) atoms. The lowest BCUT2D eigenvalue weighted by molar-refractivity contribution is 0.0879. The predicted molar refractivity (Wildman–Crippen MR) is 197 cm³/mol. The van der Waals surface area contributed by atoms with Gasteiger partial charge in [-0.15, -0.1) is 0 Å². The smallest absolute Gasteiger partial charge is 0.0841 e. The fraction of sp³-hybridized carbons (Fsp3) is 1.00. The Morgan fingerprint density at radius 1 is 0.426 bits per heavy atom. The highest BCUT2D eigenvalue weighted by molar-refractivity contribution is 4.86. The molecule has 4 rings (SSSR count). The van der Waals surface area contributed by atoms with Gasteiger partial charge in [-0.05, 0) is 83.7 Å². The minimum atomic E-state index is -0.473. The van der Waals surface area contributed by atoms with E-state index >= 15 is 0 Å². The molecule has 4 fully saturated rings. The number of hydrogen-bond donors (Lipinski definition) is 15. The molecule has 0 amide bonds. The third-order valence-corrected chi connectivity index (χ3v) is 9.00. The Morgan fingerprint density at radius 2 is 0.702 bits per heavy atom. The van der Waals surface area contributed by atoms with E-state index in [4.69, 9.17) is 79.0 Å². The third-order valence-electron chi connectivity index (χ3n) is 9.00. The van der Waals surface area contributed by atoms with E-state index < -0.39 is 18.3 Å². The van der Waals surface area contributed by atoms with Crippen LogP contribution >= 0.6 is 0 Å². The van der Waals surface area contributed by atoms with Crippen molar-refractivity contribution in [2.75, 3.05) is 26.2 Å². The second-order valence-corrected chi connectivity index (χ2v) is 13.6. The zero-order valence-electron chi connectivity index (χ0n) is 29.5. The molecule has 0 bridgehead atoms. The van der Waals surface area contributed by atoms with Gasteiger partial charge in [0.05, 0.1) is 18.3 Å². The van der Waals surface area contributed by atoms with Crippen LogP contribution in [-0.2, 0) is 0 Å². The SMILES string of the molecule is NCC[C@@H](O)CN.NCC[C@H](O)CN.N[C@@H]1CCCC[C@@H]1N.N[C@@H]1CCC[C@H](N)C1.N[C@@H]1CCC[C@H](N)C1O.N[C@H]1CCCC[C@@H]1N. The van der Waals surface area contributed by atoms with Crippen LogP contribution in [0.25, 0.3) is 0 Å². The molecule has 0 heterocycles. The maximum absolute atomic E-state index is 9.20. The van der Waals surface area contributed by atoms with Gasteiger partial charge in [0.1, 0.15) is 0 Å². The van der Waals surface area contributed by atoms with Gasteiger partial charge in [0.2, 0.25) is 0 Å². The largest absolute Gasteiger partial charge is 0.392 e. The van der Waals surface area contributed by atoms with Crippen LogP contribution in [0.5, 0.6) is 0 Å². The summed E-state index contributed by atoms with van der Waals surface area (Å²) in [6, 6.07) is 1.72. The lowest BCUT2D eigenvalue weighted by Crippen LogP contribution is -2.50. The van der Waals surface area contributed by atoms with Gasteiger partial charge in [-0.3, -0.25) is 0 Å². The first-order valence-corrected chi connectivity index (χ1v) is 18.1. The fourth-order valence-corrected chi connectivity index (χ4v) is 5.51. The molecule has 286 valence electrons. The molecule has 1 unspecified atom stereocenters. The molecular formula is C32H80N12O3. The molecule has 11 atom stereocenters. The van der Waals surface area contributed by atoms with Gasteiger partial charge >= 0.3 is 0 Å². The lowest BCUT2D eigenvalue weighted by atomic mass is 9.89. The van der Waals surface area contributed by atoms with E-state index in [1.54, 1.807) is 0 Å². The number of nitrogens with two attached hydrogens (primary N) is 12. The summed E-state index contributed by atoms with van der Waals surface area (Å²) in [5.74, 6) is 0. The Kier molecular flexibility index (Phi) is 32.4. The van der Waals surface area contributed by atoms with Crippen LogP contribution in [0.4, 0.5) is 0 Å². The molecule has 0 saturated heterocycles. The molecule has 0 aromatic rings. The van der Waals surface area contributed by atoms with Gasteiger partial charge in [-0.25, -0.2) is 0 Å². The number of aliphatic hydroxyl groups excluding tert-OH is 3. The van der Waals surface area contributed by atoms with E-state index in [2.05, 4.69) is 0 Å². The normalized spacial score (nSPS) is 33.1. The van der Waals surface area contributed by atoms with E-state index in [0.29, 0.717) is 51.1 Å². The molecule has 0 aromatic heterocycles. The van der Waals surface area contributed by atoms with Crippen LogP contribution in [0.2, 0.25) is 0 Å². The van der Waals surface area contributed by atoms with Crippen LogP contribution in [0.1, 0.15) is 109 Å². The second-order valence-electron chi connectivity index (χ2n) is 13.6. The molecule has 4 aliphatic carbocycles. The molecule has 15 nitrogen and oxygen atoms in total. The highest BCUT2D eigenvalue weighted by Crippen LogP contribution is 2.16. The van der Waals surface area contributed by atoms with E-state index in [9.17, 15) is 5.11 Å². The Labute approximate surface area is 286 Å². The van der Waals surface area contributed by atoms with E-state index in [-0.39, 0.29) is 36.3 Å². The minimum absolute atomic E-state index is 0.0891. The summed E-state index contributed by atoms with van der Waals surface area (Å²) in [7, 11) is 0. The average molecular weight is 681 g/mol. The van der Waals surface area contributed by atoms with Crippen molar-refractivity contribution in [3.8, 4) is 0 Å². The van der Waals surface area contributed by atoms with E-state index in [0.717, 1.165) is 51.4 Å². The van der Waals surface area contributed by atoms with E-state index in [1.165, 1.54) is 44.9 Å². The lowest BCUT2D eigenvalue weighted by Gasteiger charge is -2.29. The molecule has 4 saturated carbocycles. The molecule has 15 heteroatoms. The number of rotatable bonds is 6. The standard InChI is InChI=1S/C6H14N2O.3C6H14N2.2C4H12N2O/c7-4-2-1-3-5(8)6(4)9;7-5-2-1-3-6(8)4-5;2*7-5-3-1-2-4-6(5)8;2*5-2-1-4(7)3-6/h4-6,9H,1-3,7-8H2;3*5-6H,1-4,7-8H2;2*4,7H,1-3,5-6H2/t4-,5+,6?;2*5-,6+;5-,6-;2*4-/m...010/s1. The van der Waals surface area contributed by atoms with Crippen LogP contribution in [-0.4, -0.2) is 108 Å². The Morgan fingerprint density at radius 3 is 0.872 bits per heavy atom. The van der Waals surface area contributed by atoms with Gasteiger partial charge in [0, 0.05) is 61.4 Å². The van der Waals surface area contributed by atoms with Crippen molar-refractivity contribution in [2.45, 2.75) is 176 Å². The van der Waals surface area contributed by atoms with Crippen LogP contribution < -0.4 is 68.8 Å². The summed E-state index contributed by atoms with van der Waals surface area (Å²) in [6.45, 7) is 1.66. The molecule has 27 N–H and O–H groups in total. The van der Waals surface area contributed by atoms with Gasteiger partial charge < -0.3 is 84.1 Å². The van der Waals surface area contributed by atoms with Crippen molar-refractivity contribution in [3.05, 3.63) is 0 Å². The molecule has 0 aliphatic heterocycles. The van der Waals surface area contributed by atoms with Gasteiger partial charge in [-0.2, -0.15) is 0 Å². The number of aliphatic hydroxyl groups is 3. The Hall–Kier alpha value is -0.600. The van der Waals surface area contributed by atoms with Crippen molar-refractivity contribution < 1.29 is 15.3 Å². The molecule has 0 spiro atoms. The topological polar surface area (TPSA) is 373 Å². The first-order chi connectivity index (χ1) is 22.2. The van der Waals surface area contributed by atoms with Crippen molar-refractivity contribution in [1.82, 2.24) is 0 Å². The summed E-state index contributed by atoms with van der Waals surface area (Å²) in [5.41, 5.74) is 65.3. The summed E-state index contributed by atoms with van der Waals surface area (Å²) in [5, 5.41) is 26.5. The predicted octanol–water partition coefficient (Wildman–Crippen LogP) is -2.86. The zero-order valence-corrected chi connectivity index (χ0v) is 29.5. The minimum Gasteiger partial charge on any atom is -0.392 e. The summed E-state index contributed by atoms with van der Waals surface area (Å²) in [6.07, 6.45) is 17.0. The van der Waals surface area contributed by atoms with Crippen LogP contribution in [0, 0.1) is 0 Å². The second kappa shape index (κ2) is 31.4. The maximum Gasteiger partial charge on any atom is 0.0841 e. The van der Waals surface area contributed by atoms with Crippen molar-refractivity contribution >= 4 is 0 Å². The maximum atomic E-state index is 9.20. The first kappa shape index (κ1) is 48.5. The molecule has 0 aromatic carbocycles. The summed E-state index contributed by atoms with van der Waals surface area (Å²) in [4.78, 5) is 0. The monoisotopic (exact) mass is 681 g/mol. The van der Waals surface area contributed by atoms with Crippen LogP contribution in [0.3, 0.4) is 0 Å². The van der Waals surface area contributed by atoms with Crippen molar-refractivity contribution in [2.24, 2.45) is 68.8 Å². The van der Waals surface area contributed by atoms with Gasteiger partial charge in [-0.1, -0.05) is 38.5 Å². The summed E-state index contributed by atoms with van der Waals surface area (Å²) >= 11 is 0. The average Bonchev–Trinajstić information content (AvgIpc) is 3.04. The van der Waals surface area contributed by atoms with Crippen molar-refractivity contribution in [3.63, 3.8) is 0 Å². The zero-order chi connectivity index (χ0) is 36.2. The number of hydrogen-bond acceptors (Lipinski definition) is 15.